The van der Waals surface area contributed by atoms with Crippen molar-refractivity contribution in [3.05, 3.63) is 76.6 Å². The molecule has 0 bridgehead atoms. The summed E-state index contributed by atoms with van der Waals surface area (Å²) in [6.45, 7) is 1.99. The van der Waals surface area contributed by atoms with Gasteiger partial charge in [0.15, 0.2) is 5.03 Å². The zero-order chi connectivity index (χ0) is 16.9. The van der Waals surface area contributed by atoms with Gasteiger partial charge in [-0.2, -0.15) is 0 Å². The van der Waals surface area contributed by atoms with E-state index in [-0.39, 0.29) is 11.5 Å². The maximum absolute atomic E-state index is 11.5. The molecule has 3 rings (SSSR count). The van der Waals surface area contributed by atoms with Gasteiger partial charge >= 0.3 is 5.69 Å². The summed E-state index contributed by atoms with van der Waals surface area (Å²) in [7, 11) is 0. The fourth-order valence-electron chi connectivity index (χ4n) is 2.07. The fraction of sp³-hybridized carbons (Fsp3) is 0.0588. The zero-order valence-electron chi connectivity index (χ0n) is 12.8. The summed E-state index contributed by atoms with van der Waals surface area (Å²) in [6.07, 6.45) is 1.33. The summed E-state index contributed by atoms with van der Waals surface area (Å²) in [5.74, 6) is 0.177. The van der Waals surface area contributed by atoms with E-state index in [0.29, 0.717) is 5.03 Å². The summed E-state index contributed by atoms with van der Waals surface area (Å²) in [5, 5.41) is 14.8. The average molecular weight is 338 g/mol. The Morgan fingerprint density at radius 3 is 2.42 bits per heavy atom. The maximum Gasteiger partial charge on any atom is 0.343 e. The first-order chi connectivity index (χ1) is 11.6. The second-order valence-corrected chi connectivity index (χ2v) is 6.10. The molecule has 0 fully saturated rings. The average Bonchev–Trinajstić information content (AvgIpc) is 2.58. The monoisotopic (exact) mass is 338 g/mol. The minimum Gasteiger partial charge on any atom is -0.334 e. The van der Waals surface area contributed by atoms with Gasteiger partial charge in [-0.1, -0.05) is 47.7 Å². The van der Waals surface area contributed by atoms with Crippen LogP contribution in [0.1, 0.15) is 5.56 Å². The van der Waals surface area contributed by atoms with Crippen molar-refractivity contribution in [2.75, 3.05) is 5.32 Å². The fourth-order valence-corrected chi connectivity index (χ4v) is 2.93. The summed E-state index contributed by atoms with van der Waals surface area (Å²) in [5.41, 5.74) is 1.72. The van der Waals surface area contributed by atoms with Gasteiger partial charge in [0.05, 0.1) is 4.92 Å². The zero-order valence-corrected chi connectivity index (χ0v) is 13.7. The van der Waals surface area contributed by atoms with Crippen LogP contribution in [-0.2, 0) is 0 Å². The predicted molar refractivity (Wildman–Crippen MR) is 93.7 cm³/mol. The number of aromatic nitrogens is 2. The Morgan fingerprint density at radius 1 is 1.04 bits per heavy atom. The minimum atomic E-state index is -0.457. The Labute approximate surface area is 143 Å². The summed E-state index contributed by atoms with van der Waals surface area (Å²) >= 11 is 1.24. The van der Waals surface area contributed by atoms with E-state index in [4.69, 9.17) is 0 Å². The third-order valence-electron chi connectivity index (χ3n) is 3.24. The number of rotatable bonds is 5. The van der Waals surface area contributed by atoms with Crippen molar-refractivity contribution < 1.29 is 4.92 Å². The smallest absolute Gasteiger partial charge is 0.334 e. The van der Waals surface area contributed by atoms with Gasteiger partial charge in [0.25, 0.3) is 0 Å². The van der Waals surface area contributed by atoms with E-state index in [9.17, 15) is 10.1 Å². The van der Waals surface area contributed by atoms with Crippen molar-refractivity contribution in [1.29, 1.82) is 0 Å². The first kappa shape index (κ1) is 15.9. The van der Waals surface area contributed by atoms with E-state index in [1.807, 2.05) is 61.5 Å². The molecule has 0 aliphatic carbocycles. The highest BCUT2D eigenvalue weighted by molar-refractivity contribution is 7.99. The van der Waals surface area contributed by atoms with Gasteiger partial charge in [0.2, 0.25) is 5.82 Å². The molecule has 7 heteroatoms. The molecule has 0 aliphatic rings. The molecule has 1 aromatic heterocycles. The SMILES string of the molecule is Cc1ccc(Sc2ncnc(Nc3ccccc3)c2[N+](=O)[O-])cc1. The van der Waals surface area contributed by atoms with Crippen LogP contribution in [0.4, 0.5) is 17.2 Å². The lowest BCUT2D eigenvalue weighted by Crippen LogP contribution is -2.02. The van der Waals surface area contributed by atoms with Crippen LogP contribution in [0.3, 0.4) is 0 Å². The van der Waals surface area contributed by atoms with Gasteiger partial charge in [-0.25, -0.2) is 9.97 Å². The molecule has 120 valence electrons. The standard InChI is InChI=1S/C17H14N4O2S/c1-12-7-9-14(10-8-12)24-17-15(21(22)23)16(18-11-19-17)20-13-5-3-2-4-6-13/h2-11H,1H3,(H,18,19,20). The molecular weight excluding hydrogens is 324 g/mol. The van der Waals surface area contributed by atoms with Crippen molar-refractivity contribution in [3.8, 4) is 0 Å². The van der Waals surface area contributed by atoms with E-state index >= 15 is 0 Å². The highest BCUT2D eigenvalue weighted by Gasteiger charge is 2.23. The number of nitrogens with zero attached hydrogens (tertiary/aromatic N) is 3. The van der Waals surface area contributed by atoms with Crippen LogP contribution in [0, 0.1) is 17.0 Å². The molecule has 6 nitrogen and oxygen atoms in total. The van der Waals surface area contributed by atoms with Crippen LogP contribution >= 0.6 is 11.8 Å². The van der Waals surface area contributed by atoms with Crippen molar-refractivity contribution in [2.45, 2.75) is 16.8 Å². The van der Waals surface area contributed by atoms with Gasteiger partial charge < -0.3 is 5.32 Å². The largest absolute Gasteiger partial charge is 0.343 e. The Bertz CT molecular complexity index is 854. The van der Waals surface area contributed by atoms with E-state index < -0.39 is 4.92 Å². The topological polar surface area (TPSA) is 81.0 Å². The van der Waals surface area contributed by atoms with Crippen LogP contribution in [-0.4, -0.2) is 14.9 Å². The molecule has 1 N–H and O–H groups in total. The van der Waals surface area contributed by atoms with E-state index in [1.165, 1.54) is 18.1 Å². The van der Waals surface area contributed by atoms with Crippen LogP contribution in [0.2, 0.25) is 0 Å². The van der Waals surface area contributed by atoms with Crippen LogP contribution in [0.25, 0.3) is 0 Å². The molecular formula is C17H14N4O2S. The van der Waals surface area contributed by atoms with Gasteiger partial charge in [-0.3, -0.25) is 10.1 Å². The molecule has 0 saturated carbocycles. The summed E-state index contributed by atoms with van der Waals surface area (Å²) < 4.78 is 0. The lowest BCUT2D eigenvalue weighted by molar-refractivity contribution is -0.387. The lowest BCUT2D eigenvalue weighted by atomic mass is 10.2. The molecule has 0 spiro atoms. The number of para-hydroxylation sites is 1. The number of benzene rings is 2. The van der Waals surface area contributed by atoms with E-state index in [1.54, 1.807) is 0 Å². The second-order valence-electron chi connectivity index (χ2n) is 5.04. The van der Waals surface area contributed by atoms with Gasteiger partial charge in [0, 0.05) is 10.6 Å². The molecule has 1 heterocycles. The molecule has 0 unspecified atom stereocenters. The Balaban J connectivity index is 1.96. The molecule has 0 atom stereocenters. The number of nitro groups is 1. The first-order valence-corrected chi connectivity index (χ1v) is 8.01. The van der Waals surface area contributed by atoms with E-state index in [0.717, 1.165) is 16.1 Å². The molecule has 0 aliphatic heterocycles. The van der Waals surface area contributed by atoms with Crippen LogP contribution < -0.4 is 5.32 Å². The van der Waals surface area contributed by atoms with Crippen molar-refractivity contribution in [3.63, 3.8) is 0 Å². The quantitative estimate of drug-likeness (QED) is 0.416. The highest BCUT2D eigenvalue weighted by Crippen LogP contribution is 2.37. The third kappa shape index (κ3) is 3.69. The van der Waals surface area contributed by atoms with Gasteiger partial charge in [-0.05, 0) is 31.2 Å². The number of nitrogens with one attached hydrogen (secondary N) is 1. The number of hydrogen-bond acceptors (Lipinski definition) is 6. The number of anilines is 2. The highest BCUT2D eigenvalue weighted by atomic mass is 32.2. The van der Waals surface area contributed by atoms with Crippen molar-refractivity contribution >= 4 is 29.0 Å². The Kier molecular flexibility index (Phi) is 4.72. The first-order valence-electron chi connectivity index (χ1n) is 7.19. The normalized spacial score (nSPS) is 10.4. The molecule has 3 aromatic rings. The Morgan fingerprint density at radius 2 is 1.75 bits per heavy atom. The second kappa shape index (κ2) is 7.10. The van der Waals surface area contributed by atoms with Gasteiger partial charge in [-0.15, -0.1) is 0 Å². The lowest BCUT2D eigenvalue weighted by Gasteiger charge is -2.08. The van der Waals surface area contributed by atoms with Crippen molar-refractivity contribution in [2.24, 2.45) is 0 Å². The predicted octanol–water partition coefficient (Wildman–Crippen LogP) is 4.59. The molecule has 0 amide bonds. The maximum atomic E-state index is 11.5. The molecule has 24 heavy (non-hydrogen) atoms. The van der Waals surface area contributed by atoms with Crippen LogP contribution in [0.5, 0.6) is 0 Å². The summed E-state index contributed by atoms with van der Waals surface area (Å²) in [4.78, 5) is 20.1. The molecule has 2 aromatic carbocycles. The third-order valence-corrected chi connectivity index (χ3v) is 4.24. The number of hydrogen-bond donors (Lipinski definition) is 1. The molecule has 0 radical (unpaired) electrons. The van der Waals surface area contributed by atoms with E-state index in [2.05, 4.69) is 15.3 Å². The van der Waals surface area contributed by atoms with Crippen LogP contribution in [0.15, 0.2) is 70.8 Å². The number of aryl methyl sites for hydroxylation is 1. The Hall–Kier alpha value is -2.93. The molecule has 0 saturated heterocycles. The van der Waals surface area contributed by atoms with Crippen molar-refractivity contribution in [1.82, 2.24) is 9.97 Å². The summed E-state index contributed by atoms with van der Waals surface area (Å²) in [6, 6.07) is 16.9. The van der Waals surface area contributed by atoms with Gasteiger partial charge in [0.1, 0.15) is 6.33 Å². The minimum absolute atomic E-state index is 0.132.